The lowest BCUT2D eigenvalue weighted by Crippen LogP contribution is -2.44. The Morgan fingerprint density at radius 3 is 1.96 bits per heavy atom. The summed E-state index contributed by atoms with van der Waals surface area (Å²) in [5.41, 5.74) is 2.01. The molecule has 46 heavy (non-hydrogen) atoms. The Kier molecular flexibility index (Phi) is 12.0. The van der Waals surface area contributed by atoms with Crippen molar-refractivity contribution in [1.29, 1.82) is 0 Å². The summed E-state index contributed by atoms with van der Waals surface area (Å²) < 4.78 is 28.7. The molecule has 4 aromatic carbocycles. The highest BCUT2D eigenvalue weighted by molar-refractivity contribution is 6.10. The van der Waals surface area contributed by atoms with E-state index in [4.69, 9.17) is 23.7 Å². The van der Waals surface area contributed by atoms with E-state index in [0.29, 0.717) is 68.1 Å². The maximum absolute atomic E-state index is 11.1. The lowest BCUT2D eigenvalue weighted by molar-refractivity contribution is 0.0403. The number of nitrogens with zero attached hydrogens (tertiary/aromatic N) is 1. The molecule has 0 unspecified atom stereocenters. The van der Waals surface area contributed by atoms with Crippen molar-refractivity contribution in [2.75, 3.05) is 66.8 Å². The maximum atomic E-state index is 11.1. The third-order valence-electron chi connectivity index (χ3n) is 7.58. The van der Waals surface area contributed by atoms with Gasteiger partial charge >= 0.3 is 0 Å². The second kappa shape index (κ2) is 16.7. The molecule has 244 valence electrons. The third kappa shape index (κ3) is 8.82. The maximum Gasteiger partial charge on any atom is 0.161 e. The highest BCUT2D eigenvalue weighted by Crippen LogP contribution is 2.33. The quantitative estimate of drug-likeness (QED) is 0.0981. The molecular weight excluding hydrogens is 586 g/mol. The van der Waals surface area contributed by atoms with Crippen molar-refractivity contribution in [3.63, 3.8) is 0 Å². The predicted molar refractivity (Wildman–Crippen MR) is 180 cm³/mol. The van der Waals surface area contributed by atoms with Gasteiger partial charge in [-0.05, 0) is 42.5 Å². The largest absolute Gasteiger partial charge is 0.493 e. The van der Waals surface area contributed by atoms with E-state index in [1.54, 1.807) is 14.2 Å². The minimum atomic E-state index is -0.805. The first-order valence-electron chi connectivity index (χ1n) is 15.5. The van der Waals surface area contributed by atoms with Gasteiger partial charge in [0.25, 0.3) is 0 Å². The summed E-state index contributed by atoms with van der Waals surface area (Å²) in [4.78, 5) is 5.40. The fraction of sp³-hybridized carbons (Fsp3) is 0.333. The predicted octanol–water partition coefficient (Wildman–Crippen LogP) is 4.49. The summed E-state index contributed by atoms with van der Waals surface area (Å²) in [6.07, 6.45) is -1.49. The Bertz CT molecular complexity index is 1660. The number of benzene rings is 4. The van der Waals surface area contributed by atoms with Gasteiger partial charge in [0.05, 0.1) is 25.8 Å². The van der Waals surface area contributed by atoms with Crippen molar-refractivity contribution < 1.29 is 33.9 Å². The number of H-pyrrole nitrogens is 1. The van der Waals surface area contributed by atoms with Crippen LogP contribution in [-0.4, -0.2) is 99.1 Å². The van der Waals surface area contributed by atoms with Crippen LogP contribution in [0.3, 0.4) is 0 Å². The number of aliphatic hydroxyl groups is 2. The molecule has 0 aliphatic heterocycles. The fourth-order valence-corrected chi connectivity index (χ4v) is 5.41. The van der Waals surface area contributed by atoms with Gasteiger partial charge in [0.15, 0.2) is 23.0 Å². The van der Waals surface area contributed by atoms with Gasteiger partial charge in [-0.2, -0.15) is 0 Å². The summed E-state index contributed by atoms with van der Waals surface area (Å²) >= 11 is 0. The van der Waals surface area contributed by atoms with Crippen LogP contribution in [0.4, 0.5) is 0 Å². The van der Waals surface area contributed by atoms with Gasteiger partial charge < -0.3 is 44.2 Å². The van der Waals surface area contributed by atoms with Gasteiger partial charge in [-0.25, -0.2) is 0 Å². The molecule has 1 heterocycles. The molecule has 2 atom stereocenters. The van der Waals surface area contributed by atoms with Crippen LogP contribution in [0.2, 0.25) is 0 Å². The zero-order valence-electron chi connectivity index (χ0n) is 26.4. The number of methoxy groups -OCH3 is 2. The number of aliphatic hydroxyl groups excluding tert-OH is 2. The van der Waals surface area contributed by atoms with Crippen LogP contribution in [0.5, 0.6) is 28.7 Å². The fourth-order valence-electron chi connectivity index (χ4n) is 5.41. The molecule has 5 rings (SSSR count). The molecule has 10 nitrogen and oxygen atoms in total. The van der Waals surface area contributed by atoms with Crippen molar-refractivity contribution in [2.45, 2.75) is 12.2 Å². The molecule has 4 N–H and O–H groups in total. The van der Waals surface area contributed by atoms with E-state index in [1.165, 1.54) is 0 Å². The first-order chi connectivity index (χ1) is 22.6. The first-order valence-corrected chi connectivity index (χ1v) is 15.5. The second-order valence-electron chi connectivity index (χ2n) is 10.9. The molecule has 0 aliphatic carbocycles. The minimum absolute atomic E-state index is 0.0944. The average molecular weight is 630 g/mol. The number of fused-ring (bicyclic) bond motifs is 3. The number of para-hydroxylation sites is 5. The molecule has 0 amide bonds. The molecule has 10 heteroatoms. The number of hydrogen-bond donors (Lipinski definition) is 4. The van der Waals surface area contributed by atoms with Gasteiger partial charge in [0.2, 0.25) is 0 Å². The molecule has 0 aliphatic rings. The zero-order chi connectivity index (χ0) is 32.1. The number of rotatable bonds is 19. The molecule has 0 fully saturated rings. The summed E-state index contributed by atoms with van der Waals surface area (Å²) in [5, 5.41) is 27.3. The first kappa shape index (κ1) is 32.9. The molecule has 1 aromatic heterocycles. The Balaban J connectivity index is 1.15. The zero-order valence-corrected chi connectivity index (χ0v) is 26.4. The lowest BCUT2D eigenvalue weighted by Gasteiger charge is -2.27. The number of nitrogens with one attached hydrogen (secondary N) is 2. The lowest BCUT2D eigenvalue weighted by atomic mass is 10.1. The molecule has 0 spiro atoms. The Morgan fingerprint density at radius 2 is 1.24 bits per heavy atom. The molecule has 0 radical (unpaired) electrons. The SMILES string of the molecule is COc1ccccc1OCCNC[C@@H](O)CN(CCOc1ccccc1OC)C[C@@H](O)COc1cccc2[nH]c3ccccc3c12. The van der Waals surface area contributed by atoms with E-state index in [0.717, 1.165) is 21.8 Å². The van der Waals surface area contributed by atoms with Crippen LogP contribution in [0.1, 0.15) is 0 Å². The van der Waals surface area contributed by atoms with Crippen LogP contribution in [0.25, 0.3) is 21.8 Å². The Hall–Kier alpha value is -4.48. The standard InChI is InChI=1S/C36H43N3O7/c1-42-31-13-5-7-15-33(31)44-20-18-37-22-26(40)23-39(19-21-45-34-16-8-6-14-32(34)43-2)24-27(41)25-46-35-17-9-12-30-36(35)28-10-3-4-11-29(28)38-30/h3-17,26-27,37-38,40-41H,18-25H2,1-2H3/t26-,27-/m1/s1. The number of ether oxygens (including phenoxy) is 5. The number of aromatic amines is 1. The average Bonchev–Trinajstić information content (AvgIpc) is 3.47. The highest BCUT2D eigenvalue weighted by atomic mass is 16.5. The van der Waals surface area contributed by atoms with Gasteiger partial charge in [0, 0.05) is 49.0 Å². The van der Waals surface area contributed by atoms with E-state index in [1.807, 2.05) is 89.8 Å². The monoisotopic (exact) mass is 629 g/mol. The van der Waals surface area contributed by atoms with Gasteiger partial charge in [-0.1, -0.05) is 48.5 Å². The van der Waals surface area contributed by atoms with Crippen LogP contribution >= 0.6 is 0 Å². The summed E-state index contributed by atoms with van der Waals surface area (Å²) in [7, 11) is 3.21. The minimum Gasteiger partial charge on any atom is -0.493 e. The van der Waals surface area contributed by atoms with Crippen molar-refractivity contribution >= 4 is 21.8 Å². The molecule has 0 saturated carbocycles. The van der Waals surface area contributed by atoms with E-state index < -0.39 is 12.2 Å². The van der Waals surface area contributed by atoms with Crippen LogP contribution in [0.15, 0.2) is 91.0 Å². The van der Waals surface area contributed by atoms with Gasteiger partial charge in [-0.3, -0.25) is 4.90 Å². The highest BCUT2D eigenvalue weighted by Gasteiger charge is 2.18. The van der Waals surface area contributed by atoms with Gasteiger partial charge in [-0.15, -0.1) is 0 Å². The Morgan fingerprint density at radius 1 is 0.652 bits per heavy atom. The van der Waals surface area contributed by atoms with Crippen LogP contribution < -0.4 is 29.0 Å². The van der Waals surface area contributed by atoms with Crippen molar-refractivity contribution in [3.05, 3.63) is 91.0 Å². The second-order valence-corrected chi connectivity index (χ2v) is 10.9. The van der Waals surface area contributed by atoms with Crippen LogP contribution in [-0.2, 0) is 0 Å². The Labute approximate surface area is 269 Å². The summed E-state index contributed by atoms with van der Waals surface area (Å²) in [6, 6.07) is 28.9. The molecular formula is C36H43N3O7. The van der Waals surface area contributed by atoms with E-state index in [9.17, 15) is 10.2 Å². The van der Waals surface area contributed by atoms with Crippen LogP contribution in [0, 0.1) is 0 Å². The van der Waals surface area contributed by atoms with Gasteiger partial charge in [0.1, 0.15) is 31.7 Å². The molecule has 0 bridgehead atoms. The smallest absolute Gasteiger partial charge is 0.161 e. The topological polar surface area (TPSA) is 118 Å². The van der Waals surface area contributed by atoms with E-state index in [-0.39, 0.29) is 13.2 Å². The van der Waals surface area contributed by atoms with E-state index >= 15 is 0 Å². The molecule has 5 aromatic rings. The van der Waals surface area contributed by atoms with E-state index in [2.05, 4.69) is 16.4 Å². The summed E-state index contributed by atoms with van der Waals surface area (Å²) in [6.45, 7) is 2.84. The normalized spacial score (nSPS) is 12.7. The number of hydrogen-bond acceptors (Lipinski definition) is 9. The van der Waals surface area contributed by atoms with Crippen molar-refractivity contribution in [1.82, 2.24) is 15.2 Å². The third-order valence-corrected chi connectivity index (χ3v) is 7.58. The molecule has 0 saturated heterocycles. The summed E-state index contributed by atoms with van der Waals surface area (Å²) in [5.74, 6) is 3.34. The number of aromatic nitrogens is 1. The van der Waals surface area contributed by atoms with Crippen molar-refractivity contribution in [3.8, 4) is 28.7 Å². The van der Waals surface area contributed by atoms with Crippen molar-refractivity contribution in [2.24, 2.45) is 0 Å².